The van der Waals surface area contributed by atoms with Gasteiger partial charge in [-0.1, -0.05) is 19.3 Å². The van der Waals surface area contributed by atoms with Crippen LogP contribution in [0.25, 0.3) is 0 Å². The van der Waals surface area contributed by atoms with Crippen LogP contribution in [0.15, 0.2) is 0 Å². The van der Waals surface area contributed by atoms with E-state index in [1.165, 1.54) is 12.8 Å². The zero-order valence-corrected chi connectivity index (χ0v) is 11.3. The molecule has 106 valence electrons. The summed E-state index contributed by atoms with van der Waals surface area (Å²) in [5.74, 6) is -0.0671. The molecular formula is C13H26N2O3. The summed E-state index contributed by atoms with van der Waals surface area (Å²) in [6, 6.07) is 0.0776. The molecule has 0 saturated heterocycles. The molecule has 0 aromatic carbocycles. The Balaban J connectivity index is 2.12. The van der Waals surface area contributed by atoms with Crippen LogP contribution in [-0.4, -0.2) is 44.9 Å². The maximum absolute atomic E-state index is 11.5. The lowest BCUT2D eigenvalue weighted by atomic mass is 10.1. The molecule has 0 radical (unpaired) electrons. The van der Waals surface area contributed by atoms with Crippen molar-refractivity contribution in [3.8, 4) is 0 Å². The number of methoxy groups -OCH3 is 1. The van der Waals surface area contributed by atoms with Crippen LogP contribution in [0.3, 0.4) is 0 Å². The summed E-state index contributed by atoms with van der Waals surface area (Å²) >= 11 is 0. The summed E-state index contributed by atoms with van der Waals surface area (Å²) < 4.78 is 10.5. The van der Waals surface area contributed by atoms with Gasteiger partial charge in [0.25, 0.3) is 0 Å². The largest absolute Gasteiger partial charge is 0.385 e. The molecule has 1 aliphatic carbocycles. The number of carbonyl (C=O) groups is 1. The van der Waals surface area contributed by atoms with E-state index in [2.05, 4.69) is 5.32 Å². The Morgan fingerprint density at radius 2 is 2.11 bits per heavy atom. The molecule has 1 saturated carbocycles. The van der Waals surface area contributed by atoms with Gasteiger partial charge in [-0.25, -0.2) is 0 Å². The highest BCUT2D eigenvalue weighted by molar-refractivity contribution is 5.77. The zero-order valence-electron chi connectivity index (χ0n) is 11.3. The molecule has 0 aromatic heterocycles. The Kier molecular flexibility index (Phi) is 7.96. The summed E-state index contributed by atoms with van der Waals surface area (Å²) in [7, 11) is 1.65. The molecule has 1 rings (SSSR count). The van der Waals surface area contributed by atoms with Crippen molar-refractivity contribution >= 4 is 5.91 Å². The fourth-order valence-corrected chi connectivity index (χ4v) is 2.19. The highest BCUT2D eigenvalue weighted by Crippen LogP contribution is 2.19. The molecule has 2 unspecified atom stereocenters. The third kappa shape index (κ3) is 6.33. The molecule has 0 heterocycles. The normalized spacial score (nSPS) is 24.6. The lowest BCUT2D eigenvalue weighted by molar-refractivity contribution is -0.128. The summed E-state index contributed by atoms with van der Waals surface area (Å²) in [5.41, 5.74) is 6.03. The van der Waals surface area contributed by atoms with E-state index in [0.717, 1.165) is 25.7 Å². The van der Waals surface area contributed by atoms with Crippen LogP contribution in [0.1, 0.15) is 38.5 Å². The lowest BCUT2D eigenvalue weighted by Crippen LogP contribution is -2.39. The standard InChI is InChI=1S/C13H26N2O3/c1-17-9-5-8-15-13(16)10-18-12-7-4-2-3-6-11(12)14/h11-12H,2-10,14H2,1H3,(H,15,16). The third-order valence-electron chi connectivity index (χ3n) is 3.28. The quantitative estimate of drug-likeness (QED) is 0.523. The van der Waals surface area contributed by atoms with Gasteiger partial charge in [0.15, 0.2) is 0 Å². The Bertz CT molecular complexity index is 236. The second-order valence-electron chi connectivity index (χ2n) is 4.85. The van der Waals surface area contributed by atoms with Gasteiger partial charge in [-0.15, -0.1) is 0 Å². The van der Waals surface area contributed by atoms with Crippen LogP contribution in [-0.2, 0) is 14.3 Å². The van der Waals surface area contributed by atoms with Gasteiger partial charge in [-0.2, -0.15) is 0 Å². The Hall–Kier alpha value is -0.650. The van der Waals surface area contributed by atoms with Crippen molar-refractivity contribution < 1.29 is 14.3 Å². The van der Waals surface area contributed by atoms with Gasteiger partial charge < -0.3 is 20.5 Å². The first-order valence-electron chi connectivity index (χ1n) is 6.87. The van der Waals surface area contributed by atoms with E-state index >= 15 is 0 Å². The van der Waals surface area contributed by atoms with Crippen LogP contribution in [0.2, 0.25) is 0 Å². The third-order valence-corrected chi connectivity index (χ3v) is 3.28. The minimum absolute atomic E-state index is 0.0391. The second-order valence-corrected chi connectivity index (χ2v) is 4.85. The fraction of sp³-hybridized carbons (Fsp3) is 0.923. The number of nitrogens with two attached hydrogens (primary N) is 1. The first kappa shape index (κ1) is 15.4. The fourth-order valence-electron chi connectivity index (χ4n) is 2.19. The molecule has 0 aromatic rings. The van der Waals surface area contributed by atoms with Gasteiger partial charge in [0.1, 0.15) is 6.61 Å². The monoisotopic (exact) mass is 258 g/mol. The maximum Gasteiger partial charge on any atom is 0.246 e. The summed E-state index contributed by atoms with van der Waals surface area (Å²) in [6.07, 6.45) is 6.37. The molecule has 1 amide bonds. The van der Waals surface area contributed by atoms with Crippen LogP contribution in [0, 0.1) is 0 Å². The number of hydrogen-bond acceptors (Lipinski definition) is 4. The van der Waals surface area contributed by atoms with Gasteiger partial charge >= 0.3 is 0 Å². The minimum Gasteiger partial charge on any atom is -0.385 e. The molecule has 2 atom stereocenters. The average Bonchev–Trinajstić information content (AvgIpc) is 2.57. The summed E-state index contributed by atoms with van der Waals surface area (Å²) in [5, 5.41) is 2.80. The molecule has 1 aliphatic rings. The van der Waals surface area contributed by atoms with Gasteiger partial charge in [0.2, 0.25) is 5.91 Å². The molecule has 18 heavy (non-hydrogen) atoms. The molecule has 3 N–H and O–H groups in total. The van der Waals surface area contributed by atoms with E-state index in [-0.39, 0.29) is 24.7 Å². The highest BCUT2D eigenvalue weighted by Gasteiger charge is 2.21. The molecule has 5 heteroatoms. The molecule has 0 spiro atoms. The van der Waals surface area contributed by atoms with Crippen molar-refractivity contribution in [2.75, 3.05) is 26.9 Å². The van der Waals surface area contributed by atoms with Crippen molar-refractivity contribution in [2.24, 2.45) is 5.73 Å². The molecule has 5 nitrogen and oxygen atoms in total. The topological polar surface area (TPSA) is 73.6 Å². The van der Waals surface area contributed by atoms with Crippen LogP contribution in [0.4, 0.5) is 0 Å². The first-order valence-corrected chi connectivity index (χ1v) is 6.87. The number of carbonyl (C=O) groups excluding carboxylic acids is 1. The van der Waals surface area contributed by atoms with Gasteiger partial charge in [-0.05, 0) is 19.3 Å². The highest BCUT2D eigenvalue weighted by atomic mass is 16.5. The molecule has 0 aliphatic heterocycles. The second kappa shape index (κ2) is 9.30. The van der Waals surface area contributed by atoms with E-state index < -0.39 is 0 Å². The van der Waals surface area contributed by atoms with Crippen LogP contribution < -0.4 is 11.1 Å². The summed E-state index contributed by atoms with van der Waals surface area (Å²) in [4.78, 5) is 11.5. The zero-order chi connectivity index (χ0) is 13.2. The molecular weight excluding hydrogens is 232 g/mol. The van der Waals surface area contributed by atoms with Crippen LogP contribution >= 0.6 is 0 Å². The number of nitrogens with one attached hydrogen (secondary N) is 1. The predicted molar refractivity (Wildman–Crippen MR) is 70.3 cm³/mol. The SMILES string of the molecule is COCCCNC(=O)COC1CCCCCC1N. The van der Waals surface area contributed by atoms with Gasteiger partial charge in [0.05, 0.1) is 6.10 Å². The van der Waals surface area contributed by atoms with Crippen molar-refractivity contribution in [3.05, 3.63) is 0 Å². The smallest absolute Gasteiger partial charge is 0.246 e. The van der Waals surface area contributed by atoms with Gasteiger partial charge in [0, 0.05) is 26.3 Å². The Morgan fingerprint density at radius 3 is 2.89 bits per heavy atom. The maximum atomic E-state index is 11.5. The minimum atomic E-state index is -0.0671. The van der Waals surface area contributed by atoms with E-state index in [1.54, 1.807) is 7.11 Å². The predicted octanol–water partition coefficient (Wildman–Crippen LogP) is 0.816. The average molecular weight is 258 g/mol. The summed E-state index contributed by atoms with van der Waals surface area (Å²) in [6.45, 7) is 1.41. The van der Waals surface area contributed by atoms with Crippen molar-refractivity contribution in [1.82, 2.24) is 5.32 Å². The lowest BCUT2D eigenvalue weighted by Gasteiger charge is -2.21. The van der Waals surface area contributed by atoms with E-state index in [9.17, 15) is 4.79 Å². The van der Waals surface area contributed by atoms with E-state index in [1.807, 2.05) is 0 Å². The van der Waals surface area contributed by atoms with Gasteiger partial charge in [-0.3, -0.25) is 4.79 Å². The van der Waals surface area contributed by atoms with E-state index in [0.29, 0.717) is 13.2 Å². The number of ether oxygens (including phenoxy) is 2. The Morgan fingerprint density at radius 1 is 1.33 bits per heavy atom. The van der Waals surface area contributed by atoms with Crippen LogP contribution in [0.5, 0.6) is 0 Å². The molecule has 0 bridgehead atoms. The molecule has 1 fully saturated rings. The van der Waals surface area contributed by atoms with Crippen molar-refractivity contribution in [1.29, 1.82) is 0 Å². The van der Waals surface area contributed by atoms with E-state index in [4.69, 9.17) is 15.2 Å². The van der Waals surface area contributed by atoms with Crippen molar-refractivity contribution in [3.63, 3.8) is 0 Å². The number of hydrogen-bond donors (Lipinski definition) is 2. The number of amides is 1. The van der Waals surface area contributed by atoms with Crippen molar-refractivity contribution in [2.45, 2.75) is 50.7 Å². The number of rotatable bonds is 7. The Labute approximate surface area is 109 Å². The first-order chi connectivity index (χ1) is 8.74.